The molecular formula is C21H18ClFN2O3S. The van der Waals surface area contributed by atoms with Crippen LogP contribution in [0.4, 0.5) is 10.1 Å². The van der Waals surface area contributed by atoms with Crippen molar-refractivity contribution in [1.29, 1.82) is 0 Å². The molecule has 8 heteroatoms. The predicted octanol–water partition coefficient (Wildman–Crippen LogP) is 4.31. The summed E-state index contributed by atoms with van der Waals surface area (Å²) in [6.45, 7) is -0.414. The lowest BCUT2D eigenvalue weighted by molar-refractivity contribution is -0.116. The number of nitrogens with one attached hydrogen (secondary N) is 1. The van der Waals surface area contributed by atoms with Gasteiger partial charge in [0.05, 0.1) is 11.4 Å². The molecule has 0 spiro atoms. The number of hydrogen-bond donors (Lipinski definition) is 1. The first-order valence-electron chi connectivity index (χ1n) is 8.70. The second-order valence-electron chi connectivity index (χ2n) is 6.27. The van der Waals surface area contributed by atoms with Gasteiger partial charge in [-0.25, -0.2) is 12.8 Å². The minimum Gasteiger partial charge on any atom is -0.325 e. The fourth-order valence-electron chi connectivity index (χ4n) is 2.65. The number of carbonyl (C=O) groups is 1. The van der Waals surface area contributed by atoms with Gasteiger partial charge in [-0.3, -0.25) is 4.79 Å². The predicted molar refractivity (Wildman–Crippen MR) is 111 cm³/mol. The molecule has 0 saturated heterocycles. The average Bonchev–Trinajstić information content (AvgIpc) is 2.71. The maximum atomic E-state index is 13.1. The zero-order chi connectivity index (χ0) is 20.9. The molecule has 3 rings (SSSR count). The smallest absolute Gasteiger partial charge is 0.243 e. The van der Waals surface area contributed by atoms with Crippen LogP contribution in [-0.4, -0.2) is 25.2 Å². The molecule has 0 unspecified atom stereocenters. The van der Waals surface area contributed by atoms with Crippen molar-refractivity contribution in [1.82, 2.24) is 4.31 Å². The Morgan fingerprint density at radius 2 is 1.55 bits per heavy atom. The molecule has 5 nitrogen and oxygen atoms in total. The van der Waals surface area contributed by atoms with Crippen LogP contribution < -0.4 is 5.32 Å². The number of hydrogen-bond acceptors (Lipinski definition) is 3. The highest BCUT2D eigenvalue weighted by Crippen LogP contribution is 2.20. The van der Waals surface area contributed by atoms with Gasteiger partial charge < -0.3 is 5.32 Å². The van der Waals surface area contributed by atoms with Gasteiger partial charge in [0.1, 0.15) is 5.82 Å². The van der Waals surface area contributed by atoms with Crippen LogP contribution in [0.25, 0.3) is 0 Å². The van der Waals surface area contributed by atoms with Crippen molar-refractivity contribution in [2.24, 2.45) is 0 Å². The lowest BCUT2D eigenvalue weighted by atomic mass is 10.2. The quantitative estimate of drug-likeness (QED) is 0.605. The zero-order valence-corrected chi connectivity index (χ0v) is 16.8. The number of nitrogens with zero attached hydrogens (tertiary/aromatic N) is 1. The van der Waals surface area contributed by atoms with E-state index in [0.717, 1.165) is 4.31 Å². The summed E-state index contributed by atoms with van der Waals surface area (Å²) in [6.07, 6.45) is 0. The molecule has 0 bridgehead atoms. The Bertz CT molecular complexity index is 1070. The second-order valence-corrected chi connectivity index (χ2v) is 8.64. The summed E-state index contributed by atoms with van der Waals surface area (Å²) in [4.78, 5) is 12.6. The van der Waals surface area contributed by atoms with Crippen LogP contribution in [-0.2, 0) is 21.4 Å². The first-order valence-corrected chi connectivity index (χ1v) is 10.5. The average molecular weight is 433 g/mol. The van der Waals surface area contributed by atoms with Crippen molar-refractivity contribution in [3.8, 4) is 0 Å². The van der Waals surface area contributed by atoms with E-state index in [4.69, 9.17) is 11.6 Å². The minimum absolute atomic E-state index is 0.00870. The highest BCUT2D eigenvalue weighted by Gasteiger charge is 2.26. The normalized spacial score (nSPS) is 11.4. The Morgan fingerprint density at radius 3 is 2.17 bits per heavy atom. The largest absolute Gasteiger partial charge is 0.325 e. The third-order valence-corrected chi connectivity index (χ3v) is 6.16. The van der Waals surface area contributed by atoms with Crippen LogP contribution in [0.5, 0.6) is 0 Å². The Morgan fingerprint density at radius 1 is 0.931 bits per heavy atom. The van der Waals surface area contributed by atoms with Gasteiger partial charge in [-0.15, -0.1) is 0 Å². The van der Waals surface area contributed by atoms with E-state index in [9.17, 15) is 17.6 Å². The van der Waals surface area contributed by atoms with E-state index in [-0.39, 0.29) is 11.4 Å². The summed E-state index contributed by atoms with van der Waals surface area (Å²) < 4.78 is 40.3. The number of rotatable bonds is 7. The van der Waals surface area contributed by atoms with Gasteiger partial charge in [0.25, 0.3) is 0 Å². The summed E-state index contributed by atoms with van der Waals surface area (Å²) in [6, 6.07) is 19.8. The Kier molecular flexibility index (Phi) is 6.64. The highest BCUT2D eigenvalue weighted by atomic mass is 35.5. The summed E-state index contributed by atoms with van der Waals surface area (Å²) in [5, 5.41) is 3.11. The topological polar surface area (TPSA) is 66.5 Å². The Hall–Kier alpha value is -2.74. The van der Waals surface area contributed by atoms with Crippen LogP contribution in [0.2, 0.25) is 5.02 Å². The van der Waals surface area contributed by atoms with E-state index >= 15 is 0 Å². The molecule has 0 atom stereocenters. The molecule has 150 valence electrons. The molecule has 0 aliphatic carbocycles. The summed E-state index contributed by atoms with van der Waals surface area (Å²) in [5.74, 6) is -0.968. The van der Waals surface area contributed by atoms with Gasteiger partial charge >= 0.3 is 0 Å². The minimum atomic E-state index is -3.92. The van der Waals surface area contributed by atoms with Crippen molar-refractivity contribution in [3.63, 3.8) is 0 Å². The van der Waals surface area contributed by atoms with Crippen molar-refractivity contribution >= 4 is 33.2 Å². The lowest BCUT2D eigenvalue weighted by Gasteiger charge is -2.22. The maximum absolute atomic E-state index is 13.1. The molecule has 0 heterocycles. The van der Waals surface area contributed by atoms with E-state index in [1.165, 1.54) is 36.4 Å². The van der Waals surface area contributed by atoms with Crippen LogP contribution in [0.1, 0.15) is 5.56 Å². The lowest BCUT2D eigenvalue weighted by Crippen LogP contribution is -2.37. The molecular weight excluding hydrogens is 415 g/mol. The van der Waals surface area contributed by atoms with Crippen molar-refractivity contribution < 1.29 is 17.6 Å². The number of sulfonamides is 1. The first-order chi connectivity index (χ1) is 13.8. The number of amides is 1. The van der Waals surface area contributed by atoms with Crippen LogP contribution in [0.3, 0.4) is 0 Å². The first kappa shape index (κ1) is 21.0. The summed E-state index contributed by atoms with van der Waals surface area (Å²) >= 11 is 5.90. The zero-order valence-electron chi connectivity index (χ0n) is 15.3. The van der Waals surface area contributed by atoms with Crippen LogP contribution in [0.15, 0.2) is 83.8 Å². The van der Waals surface area contributed by atoms with Crippen LogP contribution in [0, 0.1) is 5.82 Å². The molecule has 29 heavy (non-hydrogen) atoms. The van der Waals surface area contributed by atoms with E-state index < -0.39 is 28.3 Å². The molecule has 3 aromatic rings. The summed E-state index contributed by atoms with van der Waals surface area (Å²) in [5.41, 5.74) is 1.06. The van der Waals surface area contributed by atoms with Gasteiger partial charge in [0, 0.05) is 17.3 Å². The Labute approximate surface area is 173 Å². The molecule has 0 aromatic heterocycles. The monoisotopic (exact) mass is 432 g/mol. The number of halogens is 2. The van der Waals surface area contributed by atoms with Gasteiger partial charge in [0.2, 0.25) is 15.9 Å². The number of carbonyl (C=O) groups excluding carboxylic acids is 1. The van der Waals surface area contributed by atoms with Gasteiger partial charge in [-0.05, 0) is 54.1 Å². The second kappa shape index (κ2) is 9.17. The molecule has 1 amide bonds. The van der Waals surface area contributed by atoms with Crippen molar-refractivity contribution in [2.75, 3.05) is 11.9 Å². The SMILES string of the molecule is O=C(CN(Cc1ccc(Cl)cc1)S(=O)(=O)c1ccccc1)Nc1ccc(F)cc1. The van der Waals surface area contributed by atoms with Gasteiger partial charge in [-0.2, -0.15) is 4.31 Å². The fraction of sp³-hybridized carbons (Fsp3) is 0.0952. The molecule has 3 aromatic carbocycles. The highest BCUT2D eigenvalue weighted by molar-refractivity contribution is 7.89. The van der Waals surface area contributed by atoms with E-state index in [0.29, 0.717) is 16.3 Å². The molecule has 0 aliphatic rings. The molecule has 0 fully saturated rings. The van der Waals surface area contributed by atoms with Crippen LogP contribution >= 0.6 is 11.6 Å². The molecule has 0 aliphatic heterocycles. The third kappa shape index (κ3) is 5.63. The molecule has 0 radical (unpaired) electrons. The summed E-state index contributed by atoms with van der Waals surface area (Å²) in [7, 11) is -3.92. The molecule has 1 N–H and O–H groups in total. The van der Waals surface area contributed by atoms with Gasteiger partial charge in [0.15, 0.2) is 0 Å². The Balaban J connectivity index is 1.84. The number of anilines is 1. The van der Waals surface area contributed by atoms with Crippen molar-refractivity contribution in [3.05, 3.63) is 95.3 Å². The third-order valence-electron chi connectivity index (χ3n) is 4.10. The van der Waals surface area contributed by atoms with E-state index in [1.54, 1.807) is 42.5 Å². The number of benzene rings is 3. The van der Waals surface area contributed by atoms with Crippen molar-refractivity contribution in [2.45, 2.75) is 11.4 Å². The van der Waals surface area contributed by atoms with E-state index in [2.05, 4.69) is 5.32 Å². The fourth-order valence-corrected chi connectivity index (χ4v) is 4.19. The molecule has 0 saturated carbocycles. The van der Waals surface area contributed by atoms with E-state index in [1.807, 2.05) is 0 Å². The maximum Gasteiger partial charge on any atom is 0.243 e. The van der Waals surface area contributed by atoms with Gasteiger partial charge in [-0.1, -0.05) is 41.9 Å². The standard InChI is InChI=1S/C21H18ClFN2O3S/c22-17-8-6-16(7-9-17)14-25(29(27,28)20-4-2-1-3-5-20)15-21(26)24-19-12-10-18(23)11-13-19/h1-13H,14-15H2,(H,24,26).